The fourth-order valence-electron chi connectivity index (χ4n) is 3.33. The number of para-hydroxylation sites is 2. The summed E-state index contributed by atoms with van der Waals surface area (Å²) >= 11 is 6.17. The molecule has 1 atom stereocenters. The normalized spacial score (nSPS) is 15.7. The zero-order chi connectivity index (χ0) is 21.3. The summed E-state index contributed by atoms with van der Waals surface area (Å²) in [6.45, 7) is 0.443. The molecule has 0 radical (unpaired) electrons. The van der Waals surface area contributed by atoms with E-state index in [1.165, 1.54) is 10.7 Å². The Labute approximate surface area is 178 Å². The van der Waals surface area contributed by atoms with Crippen LogP contribution in [-0.4, -0.2) is 37.1 Å². The summed E-state index contributed by atoms with van der Waals surface area (Å²) in [5, 5.41) is 10.4. The molecule has 3 aromatic rings. The number of rotatable bonds is 4. The molecule has 2 amide bonds. The average Bonchev–Trinajstić information content (AvgIpc) is 3.16. The van der Waals surface area contributed by atoms with Crippen LogP contribution in [0.2, 0.25) is 5.02 Å². The largest absolute Gasteiger partial charge is 0.492 e. The molecule has 2 N–H and O–H groups in total. The van der Waals surface area contributed by atoms with Crippen LogP contribution in [0.5, 0.6) is 5.75 Å². The molecule has 0 saturated carbocycles. The van der Waals surface area contributed by atoms with Crippen molar-refractivity contribution >= 4 is 33.3 Å². The minimum Gasteiger partial charge on any atom is -0.492 e. The van der Waals surface area contributed by atoms with Crippen molar-refractivity contribution in [1.29, 1.82) is 0 Å². The number of ether oxygens (including phenoxy) is 1. The molecule has 1 aliphatic rings. The number of carbonyl (C=O) groups excluding carboxylic acids is 1. The molecule has 8 nitrogen and oxygen atoms in total. The van der Waals surface area contributed by atoms with Crippen molar-refractivity contribution < 1.29 is 17.9 Å². The van der Waals surface area contributed by atoms with Gasteiger partial charge in [0.05, 0.1) is 28.3 Å². The van der Waals surface area contributed by atoms with Gasteiger partial charge in [0.15, 0.2) is 15.7 Å². The fraction of sp³-hybridized carbons (Fsp3) is 0.200. The minimum absolute atomic E-state index is 0.153. The molecule has 4 rings (SSSR count). The smallest absolute Gasteiger partial charge is 0.320 e. The monoisotopic (exact) mass is 446 g/mol. The van der Waals surface area contributed by atoms with Crippen LogP contribution < -0.4 is 15.4 Å². The van der Waals surface area contributed by atoms with Gasteiger partial charge in [-0.1, -0.05) is 35.9 Å². The lowest BCUT2D eigenvalue weighted by atomic mass is 10.0. The molecule has 0 bridgehead atoms. The number of hydrogen-bond acceptors (Lipinski definition) is 5. The van der Waals surface area contributed by atoms with Crippen LogP contribution in [0, 0.1) is 0 Å². The number of anilines is 1. The summed E-state index contributed by atoms with van der Waals surface area (Å²) in [7, 11) is -3.43. The lowest BCUT2D eigenvalue weighted by Gasteiger charge is -2.27. The van der Waals surface area contributed by atoms with Crippen LogP contribution in [0.4, 0.5) is 10.6 Å². The predicted octanol–water partition coefficient (Wildman–Crippen LogP) is 3.57. The van der Waals surface area contributed by atoms with E-state index in [2.05, 4.69) is 15.7 Å². The first kappa shape index (κ1) is 20.2. The van der Waals surface area contributed by atoms with Crippen LogP contribution in [0.1, 0.15) is 18.0 Å². The first-order chi connectivity index (χ1) is 14.3. The molecular weight excluding hydrogens is 428 g/mol. The molecule has 2 heterocycles. The van der Waals surface area contributed by atoms with E-state index in [4.69, 9.17) is 16.3 Å². The van der Waals surface area contributed by atoms with Crippen molar-refractivity contribution in [2.24, 2.45) is 0 Å². The van der Waals surface area contributed by atoms with Gasteiger partial charge in [0.1, 0.15) is 5.75 Å². The highest BCUT2D eigenvalue weighted by Gasteiger charge is 2.25. The number of amides is 2. The Kier molecular flexibility index (Phi) is 5.40. The number of nitrogens with one attached hydrogen (secondary N) is 2. The van der Waals surface area contributed by atoms with Gasteiger partial charge >= 0.3 is 6.03 Å². The van der Waals surface area contributed by atoms with E-state index < -0.39 is 15.9 Å². The van der Waals surface area contributed by atoms with Gasteiger partial charge in [-0.3, -0.25) is 5.32 Å². The van der Waals surface area contributed by atoms with E-state index in [0.29, 0.717) is 29.5 Å². The lowest BCUT2D eigenvalue weighted by Crippen LogP contribution is -2.35. The summed E-state index contributed by atoms with van der Waals surface area (Å²) in [5.41, 5.74) is 1.22. The van der Waals surface area contributed by atoms with E-state index in [-0.39, 0.29) is 16.8 Å². The Hall–Kier alpha value is -3.04. The third-order valence-electron chi connectivity index (χ3n) is 4.67. The van der Waals surface area contributed by atoms with Crippen molar-refractivity contribution in [3.8, 4) is 11.4 Å². The number of benzene rings is 2. The molecule has 0 spiro atoms. The topological polar surface area (TPSA) is 102 Å². The van der Waals surface area contributed by atoms with Crippen molar-refractivity contribution in [3.05, 3.63) is 65.3 Å². The molecule has 156 valence electrons. The first-order valence-electron chi connectivity index (χ1n) is 9.17. The number of urea groups is 1. The standard InChI is InChI=1S/C20H19ClN4O4S/c1-30(27,28)17-8-3-2-7-16(17)25-11-9-18(24-25)23-20(26)22-15-10-12-29-19-13(15)5-4-6-14(19)21/h2-9,11,15H,10,12H2,1H3,(H2,22,23,24,26)/t15-/m0/s1. The maximum atomic E-state index is 12.5. The second-order valence-electron chi connectivity index (χ2n) is 6.83. The number of nitrogens with zero attached hydrogens (tertiary/aromatic N) is 2. The number of aromatic nitrogens is 2. The average molecular weight is 447 g/mol. The predicted molar refractivity (Wildman–Crippen MR) is 113 cm³/mol. The van der Waals surface area contributed by atoms with Crippen molar-refractivity contribution in [2.45, 2.75) is 17.4 Å². The van der Waals surface area contributed by atoms with Crippen molar-refractivity contribution in [2.75, 3.05) is 18.2 Å². The fourth-order valence-corrected chi connectivity index (χ4v) is 4.44. The summed E-state index contributed by atoms with van der Waals surface area (Å²) in [5.74, 6) is 0.867. The summed E-state index contributed by atoms with van der Waals surface area (Å²) < 4.78 is 31.1. The minimum atomic E-state index is -3.43. The summed E-state index contributed by atoms with van der Waals surface area (Å²) in [6.07, 6.45) is 3.33. The number of carbonyl (C=O) groups is 1. The maximum absolute atomic E-state index is 12.5. The third-order valence-corrected chi connectivity index (χ3v) is 6.12. The highest BCUT2D eigenvalue weighted by atomic mass is 35.5. The highest BCUT2D eigenvalue weighted by molar-refractivity contribution is 7.90. The van der Waals surface area contributed by atoms with Gasteiger partial charge in [0.2, 0.25) is 0 Å². The van der Waals surface area contributed by atoms with Gasteiger partial charge in [0, 0.05) is 30.5 Å². The molecule has 0 saturated heterocycles. The van der Waals surface area contributed by atoms with Gasteiger partial charge in [0.25, 0.3) is 0 Å². The zero-order valence-corrected chi connectivity index (χ0v) is 17.6. The molecule has 0 aliphatic carbocycles. The molecule has 1 aliphatic heterocycles. The number of hydrogen-bond donors (Lipinski definition) is 2. The van der Waals surface area contributed by atoms with Crippen LogP contribution in [0.15, 0.2) is 59.6 Å². The molecule has 1 aromatic heterocycles. The Morgan fingerprint density at radius 3 is 2.80 bits per heavy atom. The Morgan fingerprint density at radius 2 is 2.00 bits per heavy atom. The Morgan fingerprint density at radius 1 is 1.20 bits per heavy atom. The van der Waals surface area contributed by atoms with Crippen molar-refractivity contribution in [1.82, 2.24) is 15.1 Å². The van der Waals surface area contributed by atoms with Crippen molar-refractivity contribution in [3.63, 3.8) is 0 Å². The molecular formula is C20H19ClN4O4S. The summed E-state index contributed by atoms with van der Waals surface area (Å²) in [6, 6.07) is 12.8. The number of fused-ring (bicyclic) bond motifs is 1. The number of halogens is 1. The first-order valence-corrected chi connectivity index (χ1v) is 11.4. The number of sulfone groups is 1. The van der Waals surface area contributed by atoms with Crippen LogP contribution >= 0.6 is 11.6 Å². The van der Waals surface area contributed by atoms with Crippen LogP contribution in [0.3, 0.4) is 0 Å². The van der Waals surface area contributed by atoms with E-state index >= 15 is 0 Å². The van der Waals surface area contributed by atoms with Gasteiger partial charge in [-0.25, -0.2) is 17.9 Å². The van der Waals surface area contributed by atoms with Gasteiger partial charge < -0.3 is 10.1 Å². The quantitative estimate of drug-likeness (QED) is 0.637. The highest BCUT2D eigenvalue weighted by Crippen LogP contribution is 2.37. The van der Waals surface area contributed by atoms with Gasteiger partial charge in [-0.15, -0.1) is 5.10 Å². The van der Waals surface area contributed by atoms with Gasteiger partial charge in [-0.2, -0.15) is 0 Å². The second-order valence-corrected chi connectivity index (χ2v) is 9.22. The zero-order valence-electron chi connectivity index (χ0n) is 16.0. The van der Waals surface area contributed by atoms with E-state index in [1.54, 1.807) is 36.5 Å². The lowest BCUT2D eigenvalue weighted by molar-refractivity contribution is 0.232. The molecule has 0 fully saturated rings. The Bertz CT molecular complexity index is 1210. The van der Waals surface area contributed by atoms with E-state index in [1.807, 2.05) is 12.1 Å². The SMILES string of the molecule is CS(=O)(=O)c1ccccc1-n1ccc(NC(=O)N[C@H]2CCOc3c(Cl)cccc32)n1. The van der Waals surface area contributed by atoms with Crippen LogP contribution in [-0.2, 0) is 9.84 Å². The third kappa shape index (κ3) is 4.12. The Balaban J connectivity index is 1.50. The molecule has 0 unspecified atom stereocenters. The van der Waals surface area contributed by atoms with E-state index in [0.717, 1.165) is 11.8 Å². The van der Waals surface area contributed by atoms with E-state index in [9.17, 15) is 13.2 Å². The molecule has 10 heteroatoms. The molecule has 30 heavy (non-hydrogen) atoms. The summed E-state index contributed by atoms with van der Waals surface area (Å²) in [4.78, 5) is 12.7. The maximum Gasteiger partial charge on any atom is 0.320 e. The van der Waals surface area contributed by atoms with Crippen LogP contribution in [0.25, 0.3) is 5.69 Å². The van der Waals surface area contributed by atoms with Gasteiger partial charge in [-0.05, 0) is 18.2 Å². The second kappa shape index (κ2) is 8.00. The molecule has 2 aromatic carbocycles.